The summed E-state index contributed by atoms with van der Waals surface area (Å²) in [5.41, 5.74) is 1.16. The van der Waals surface area contributed by atoms with Crippen LogP contribution in [0.4, 0.5) is 0 Å². The fraction of sp³-hybridized carbons (Fsp3) is 0.545. The van der Waals surface area contributed by atoms with E-state index in [4.69, 9.17) is 22.1 Å². The minimum atomic E-state index is 0.341. The SMILES string of the molecule is CC(C)Cc1nn(CCC#N)c(Cl)c1C#N. The smallest absolute Gasteiger partial charge is 0.145 e. The highest BCUT2D eigenvalue weighted by atomic mass is 35.5. The second kappa shape index (κ2) is 5.53. The first-order valence-electron chi connectivity index (χ1n) is 5.12. The third-order valence-corrected chi connectivity index (χ3v) is 2.50. The van der Waals surface area contributed by atoms with Crippen molar-refractivity contribution in [1.29, 1.82) is 10.5 Å². The second-order valence-corrected chi connectivity index (χ2v) is 4.31. The minimum absolute atomic E-state index is 0.341. The first-order valence-corrected chi connectivity index (χ1v) is 5.50. The molecule has 0 aliphatic carbocycles. The number of hydrogen-bond donors (Lipinski definition) is 0. The molecule has 1 aromatic heterocycles. The van der Waals surface area contributed by atoms with Crippen molar-refractivity contribution in [2.75, 3.05) is 0 Å². The van der Waals surface area contributed by atoms with Gasteiger partial charge in [0.1, 0.15) is 16.8 Å². The summed E-state index contributed by atoms with van der Waals surface area (Å²) in [7, 11) is 0. The predicted molar refractivity (Wildman–Crippen MR) is 60.7 cm³/mol. The Hall–Kier alpha value is -1.52. The highest BCUT2D eigenvalue weighted by Crippen LogP contribution is 2.21. The van der Waals surface area contributed by atoms with Gasteiger partial charge in [-0.05, 0) is 12.3 Å². The number of rotatable bonds is 4. The topological polar surface area (TPSA) is 65.4 Å². The van der Waals surface area contributed by atoms with Gasteiger partial charge in [-0.3, -0.25) is 4.68 Å². The van der Waals surface area contributed by atoms with Crippen LogP contribution < -0.4 is 0 Å². The van der Waals surface area contributed by atoms with Crippen molar-refractivity contribution in [3.63, 3.8) is 0 Å². The van der Waals surface area contributed by atoms with Crippen molar-refractivity contribution in [1.82, 2.24) is 9.78 Å². The molecule has 16 heavy (non-hydrogen) atoms. The van der Waals surface area contributed by atoms with Crippen LogP contribution in [-0.2, 0) is 13.0 Å². The van der Waals surface area contributed by atoms with Crippen LogP contribution in [0.1, 0.15) is 31.5 Å². The van der Waals surface area contributed by atoms with Gasteiger partial charge in [-0.15, -0.1) is 0 Å². The van der Waals surface area contributed by atoms with Crippen molar-refractivity contribution in [2.24, 2.45) is 5.92 Å². The second-order valence-electron chi connectivity index (χ2n) is 3.95. The van der Waals surface area contributed by atoms with Crippen LogP contribution in [-0.4, -0.2) is 9.78 Å². The zero-order valence-corrected chi connectivity index (χ0v) is 10.1. The average Bonchev–Trinajstić information content (AvgIpc) is 2.51. The average molecular weight is 237 g/mol. The Bertz CT molecular complexity index is 448. The Morgan fingerprint density at radius 1 is 1.44 bits per heavy atom. The van der Waals surface area contributed by atoms with Gasteiger partial charge in [0.05, 0.1) is 24.7 Å². The highest BCUT2D eigenvalue weighted by Gasteiger charge is 2.16. The standard InChI is InChI=1S/C11H13ClN4/c1-8(2)6-10-9(7-14)11(12)16(15-10)5-3-4-13/h8H,3,5-6H2,1-2H3. The molecule has 0 radical (unpaired) electrons. The molecule has 84 valence electrons. The molecule has 0 amide bonds. The van der Waals surface area contributed by atoms with E-state index < -0.39 is 0 Å². The summed E-state index contributed by atoms with van der Waals surface area (Å²) in [4.78, 5) is 0. The van der Waals surface area contributed by atoms with Crippen molar-refractivity contribution >= 4 is 11.6 Å². The summed E-state index contributed by atoms with van der Waals surface area (Å²) < 4.78 is 1.53. The Morgan fingerprint density at radius 2 is 2.12 bits per heavy atom. The maximum Gasteiger partial charge on any atom is 0.145 e. The van der Waals surface area contributed by atoms with Gasteiger partial charge in [0, 0.05) is 0 Å². The molecular weight excluding hydrogens is 224 g/mol. The zero-order valence-electron chi connectivity index (χ0n) is 9.37. The van der Waals surface area contributed by atoms with Crippen molar-refractivity contribution < 1.29 is 0 Å². The third kappa shape index (κ3) is 2.74. The quantitative estimate of drug-likeness (QED) is 0.807. The van der Waals surface area contributed by atoms with Gasteiger partial charge in [-0.2, -0.15) is 15.6 Å². The van der Waals surface area contributed by atoms with Crippen LogP contribution in [0, 0.1) is 28.6 Å². The number of aromatic nitrogens is 2. The number of nitriles is 2. The number of halogens is 1. The Balaban J connectivity index is 3.02. The molecule has 1 rings (SSSR count). The van der Waals surface area contributed by atoms with Crippen molar-refractivity contribution in [3.05, 3.63) is 16.4 Å². The van der Waals surface area contributed by atoms with E-state index in [1.165, 1.54) is 4.68 Å². The van der Waals surface area contributed by atoms with Crippen LogP contribution in [0.2, 0.25) is 5.15 Å². The van der Waals surface area contributed by atoms with Crippen LogP contribution in [0.15, 0.2) is 0 Å². The lowest BCUT2D eigenvalue weighted by molar-refractivity contribution is 0.587. The Labute approximate surface area is 100 Å². The molecule has 0 aliphatic rings. The summed E-state index contributed by atoms with van der Waals surface area (Å²) in [6, 6.07) is 4.10. The molecule has 0 spiro atoms. The molecule has 5 heteroatoms. The van der Waals surface area contributed by atoms with Crippen LogP contribution >= 0.6 is 11.6 Å². The van der Waals surface area contributed by atoms with Crippen molar-refractivity contribution in [3.8, 4) is 12.1 Å². The summed E-state index contributed by atoms with van der Waals surface area (Å²) in [5, 5.41) is 22.1. The van der Waals surface area contributed by atoms with Gasteiger partial charge < -0.3 is 0 Å². The number of hydrogen-bond acceptors (Lipinski definition) is 3. The molecule has 0 saturated carbocycles. The van der Waals surface area contributed by atoms with Gasteiger partial charge in [-0.25, -0.2) is 0 Å². The largest absolute Gasteiger partial charge is 0.251 e. The summed E-state index contributed by atoms with van der Waals surface area (Å²) in [5.74, 6) is 0.419. The lowest BCUT2D eigenvalue weighted by Gasteiger charge is -2.00. The maximum absolute atomic E-state index is 9.00. The van der Waals surface area contributed by atoms with Gasteiger partial charge in [0.15, 0.2) is 0 Å². The number of aryl methyl sites for hydroxylation is 1. The van der Waals surface area contributed by atoms with E-state index in [-0.39, 0.29) is 0 Å². The molecule has 4 nitrogen and oxygen atoms in total. The van der Waals surface area contributed by atoms with E-state index in [9.17, 15) is 0 Å². The van der Waals surface area contributed by atoms with E-state index in [0.717, 1.165) is 12.1 Å². The summed E-state index contributed by atoms with van der Waals surface area (Å²) in [6.07, 6.45) is 1.07. The lowest BCUT2D eigenvalue weighted by atomic mass is 10.1. The highest BCUT2D eigenvalue weighted by molar-refractivity contribution is 6.30. The van der Waals surface area contributed by atoms with E-state index in [2.05, 4.69) is 25.0 Å². The monoisotopic (exact) mass is 236 g/mol. The lowest BCUT2D eigenvalue weighted by Crippen LogP contribution is -2.01. The van der Waals surface area contributed by atoms with Gasteiger partial charge in [-0.1, -0.05) is 25.4 Å². The molecule has 1 heterocycles. The normalized spacial score (nSPS) is 10.1. The van der Waals surface area contributed by atoms with Crippen LogP contribution in [0.25, 0.3) is 0 Å². The Kier molecular flexibility index (Phi) is 4.34. The number of nitrogens with zero attached hydrogens (tertiary/aromatic N) is 4. The first kappa shape index (κ1) is 12.5. The van der Waals surface area contributed by atoms with Gasteiger partial charge in [0.25, 0.3) is 0 Å². The fourth-order valence-corrected chi connectivity index (χ4v) is 1.71. The molecule has 0 N–H and O–H groups in total. The molecule has 0 unspecified atom stereocenters. The van der Waals surface area contributed by atoms with E-state index >= 15 is 0 Å². The third-order valence-electron chi connectivity index (χ3n) is 2.11. The molecule has 0 aliphatic heterocycles. The van der Waals surface area contributed by atoms with E-state index in [1.54, 1.807) is 0 Å². The van der Waals surface area contributed by atoms with Crippen LogP contribution in [0.3, 0.4) is 0 Å². The molecule has 0 bridgehead atoms. The molecular formula is C11H13ClN4. The maximum atomic E-state index is 9.00. The molecule has 0 aromatic carbocycles. The summed E-state index contributed by atoms with van der Waals surface area (Å²) in [6.45, 7) is 4.55. The molecule has 0 fully saturated rings. The summed E-state index contributed by atoms with van der Waals surface area (Å²) >= 11 is 6.02. The van der Waals surface area contributed by atoms with Crippen LogP contribution in [0.5, 0.6) is 0 Å². The van der Waals surface area contributed by atoms with Crippen molar-refractivity contribution in [2.45, 2.75) is 33.2 Å². The first-order chi connectivity index (χ1) is 7.60. The van der Waals surface area contributed by atoms with Gasteiger partial charge in [0.2, 0.25) is 0 Å². The zero-order chi connectivity index (χ0) is 12.1. The molecule has 0 saturated heterocycles. The predicted octanol–water partition coefficient (Wildman–Crippen LogP) is 2.52. The van der Waals surface area contributed by atoms with Gasteiger partial charge >= 0.3 is 0 Å². The molecule has 1 aromatic rings. The van der Waals surface area contributed by atoms with E-state index in [1.807, 2.05) is 6.07 Å². The Morgan fingerprint density at radius 3 is 2.62 bits per heavy atom. The fourth-order valence-electron chi connectivity index (χ4n) is 1.43. The minimum Gasteiger partial charge on any atom is -0.251 e. The van der Waals surface area contributed by atoms with E-state index in [0.29, 0.717) is 29.6 Å². The molecule has 0 atom stereocenters.